The number of aromatic nitrogens is 1. The molecule has 4 rings (SSSR count). The Hall–Kier alpha value is -2.94. The number of carbonyl (C=O) groups is 1. The SMILES string of the molecule is CC(=O)N1Cc2cc(-c3ccccc3)ncc2/C=C\C2=CCCC=C21. The van der Waals surface area contributed by atoms with E-state index < -0.39 is 0 Å². The summed E-state index contributed by atoms with van der Waals surface area (Å²) in [5.41, 5.74) is 6.36. The molecule has 0 saturated heterocycles. The van der Waals surface area contributed by atoms with Crippen molar-refractivity contribution in [3.63, 3.8) is 0 Å². The van der Waals surface area contributed by atoms with Crippen molar-refractivity contribution >= 4 is 12.0 Å². The lowest BCUT2D eigenvalue weighted by atomic mass is 9.96. The van der Waals surface area contributed by atoms with Crippen molar-refractivity contribution < 1.29 is 4.79 Å². The lowest BCUT2D eigenvalue weighted by Gasteiger charge is -2.29. The summed E-state index contributed by atoms with van der Waals surface area (Å²) in [6.07, 6.45) is 12.5. The van der Waals surface area contributed by atoms with Gasteiger partial charge in [-0.1, -0.05) is 54.6 Å². The lowest BCUT2D eigenvalue weighted by molar-refractivity contribution is -0.127. The fourth-order valence-electron chi connectivity index (χ4n) is 3.38. The molecule has 1 aromatic heterocycles. The Kier molecular flexibility index (Phi) is 4.06. The van der Waals surface area contributed by atoms with Crippen molar-refractivity contribution in [2.45, 2.75) is 26.3 Å². The van der Waals surface area contributed by atoms with E-state index in [1.54, 1.807) is 6.92 Å². The molecule has 124 valence electrons. The van der Waals surface area contributed by atoms with Gasteiger partial charge in [-0.3, -0.25) is 9.78 Å². The van der Waals surface area contributed by atoms with Gasteiger partial charge in [0.25, 0.3) is 0 Å². The minimum Gasteiger partial charge on any atom is -0.308 e. The highest BCUT2D eigenvalue weighted by Gasteiger charge is 2.22. The predicted molar refractivity (Wildman–Crippen MR) is 100 cm³/mol. The first-order valence-electron chi connectivity index (χ1n) is 8.63. The van der Waals surface area contributed by atoms with Gasteiger partial charge >= 0.3 is 0 Å². The minimum absolute atomic E-state index is 0.0679. The third-order valence-electron chi connectivity index (χ3n) is 4.70. The van der Waals surface area contributed by atoms with Crippen molar-refractivity contribution in [2.75, 3.05) is 0 Å². The standard InChI is InChI=1S/C22H20N2O/c1-16(25)24-15-20-13-21(17-7-3-2-4-8-17)23-14-19(20)12-11-18-9-5-6-10-22(18)24/h2-4,7-14H,5-6,15H2,1H3/b12-11-. The van der Waals surface area contributed by atoms with Gasteiger partial charge in [-0.15, -0.1) is 0 Å². The second-order valence-corrected chi connectivity index (χ2v) is 6.40. The van der Waals surface area contributed by atoms with E-state index in [0.717, 1.165) is 46.5 Å². The molecule has 0 N–H and O–H groups in total. The van der Waals surface area contributed by atoms with Crippen LogP contribution in [0.1, 0.15) is 30.9 Å². The fourth-order valence-corrected chi connectivity index (χ4v) is 3.38. The van der Waals surface area contributed by atoms with Crippen molar-refractivity contribution in [3.05, 3.63) is 83.2 Å². The van der Waals surface area contributed by atoms with Crippen LogP contribution in [0.15, 0.2) is 72.1 Å². The monoisotopic (exact) mass is 328 g/mol. The van der Waals surface area contributed by atoms with Crippen LogP contribution in [-0.2, 0) is 11.3 Å². The van der Waals surface area contributed by atoms with Gasteiger partial charge in [-0.2, -0.15) is 0 Å². The molecule has 3 heteroatoms. The van der Waals surface area contributed by atoms with E-state index >= 15 is 0 Å². The molecule has 0 radical (unpaired) electrons. The molecule has 1 aliphatic carbocycles. The van der Waals surface area contributed by atoms with Crippen LogP contribution in [0.5, 0.6) is 0 Å². The second-order valence-electron chi connectivity index (χ2n) is 6.40. The topological polar surface area (TPSA) is 33.2 Å². The van der Waals surface area contributed by atoms with Gasteiger partial charge in [0.1, 0.15) is 0 Å². The molecule has 0 atom stereocenters. The fraction of sp³-hybridized carbons (Fsp3) is 0.182. The maximum atomic E-state index is 12.3. The van der Waals surface area contributed by atoms with Crippen LogP contribution in [0, 0.1) is 0 Å². The highest BCUT2D eigenvalue weighted by molar-refractivity contribution is 5.78. The molecular formula is C22H20N2O. The summed E-state index contributed by atoms with van der Waals surface area (Å²) in [6, 6.07) is 12.2. The summed E-state index contributed by atoms with van der Waals surface area (Å²) >= 11 is 0. The van der Waals surface area contributed by atoms with Crippen LogP contribution in [0.4, 0.5) is 0 Å². The summed E-state index contributed by atoms with van der Waals surface area (Å²) in [5, 5.41) is 0. The zero-order chi connectivity index (χ0) is 17.2. The van der Waals surface area contributed by atoms with Gasteiger partial charge in [-0.25, -0.2) is 0 Å². The smallest absolute Gasteiger partial charge is 0.224 e. The minimum atomic E-state index is 0.0679. The molecule has 0 bridgehead atoms. The number of nitrogens with zero attached hydrogens (tertiary/aromatic N) is 2. The second kappa shape index (κ2) is 6.52. The van der Waals surface area contributed by atoms with Crippen molar-refractivity contribution in [3.8, 4) is 11.3 Å². The van der Waals surface area contributed by atoms with Crippen LogP contribution in [-0.4, -0.2) is 15.8 Å². The van der Waals surface area contributed by atoms with Crippen LogP contribution in [0.3, 0.4) is 0 Å². The lowest BCUT2D eigenvalue weighted by Crippen LogP contribution is -2.30. The molecule has 0 saturated carbocycles. The predicted octanol–water partition coefficient (Wildman–Crippen LogP) is 4.73. The first-order chi connectivity index (χ1) is 12.2. The number of rotatable bonds is 1. The van der Waals surface area contributed by atoms with E-state index in [2.05, 4.69) is 47.5 Å². The van der Waals surface area contributed by atoms with Crippen LogP contribution in [0.2, 0.25) is 0 Å². The zero-order valence-electron chi connectivity index (χ0n) is 14.3. The summed E-state index contributed by atoms with van der Waals surface area (Å²) < 4.78 is 0. The van der Waals surface area contributed by atoms with Gasteiger partial charge in [-0.05, 0) is 35.6 Å². The number of pyridine rings is 1. The molecule has 1 aliphatic heterocycles. The van der Waals surface area contributed by atoms with E-state index in [1.165, 1.54) is 0 Å². The quantitative estimate of drug-likeness (QED) is 0.758. The summed E-state index contributed by atoms with van der Waals surface area (Å²) in [4.78, 5) is 18.8. The average molecular weight is 328 g/mol. The Morgan fingerprint density at radius 1 is 1.08 bits per heavy atom. The van der Waals surface area contributed by atoms with Gasteiger partial charge in [0, 0.05) is 24.4 Å². The van der Waals surface area contributed by atoms with Gasteiger partial charge in [0.2, 0.25) is 5.91 Å². The van der Waals surface area contributed by atoms with E-state index in [0.29, 0.717) is 6.54 Å². The molecule has 25 heavy (non-hydrogen) atoms. The maximum absolute atomic E-state index is 12.3. The van der Waals surface area contributed by atoms with E-state index in [1.807, 2.05) is 29.3 Å². The Bertz CT molecular complexity index is 907. The average Bonchev–Trinajstić information content (AvgIpc) is 2.64. The molecule has 2 aromatic rings. The summed E-state index contributed by atoms with van der Waals surface area (Å²) in [6.45, 7) is 2.21. The highest BCUT2D eigenvalue weighted by Crippen LogP contribution is 2.30. The number of hydrogen-bond acceptors (Lipinski definition) is 2. The van der Waals surface area contributed by atoms with Gasteiger partial charge in [0.15, 0.2) is 0 Å². The third-order valence-corrected chi connectivity index (χ3v) is 4.70. The molecule has 0 spiro atoms. The number of benzene rings is 1. The number of fused-ring (bicyclic) bond motifs is 2. The van der Waals surface area contributed by atoms with E-state index in [9.17, 15) is 4.79 Å². The van der Waals surface area contributed by atoms with Crippen molar-refractivity contribution in [1.29, 1.82) is 0 Å². The number of allylic oxidation sites excluding steroid dienone is 3. The van der Waals surface area contributed by atoms with Crippen LogP contribution >= 0.6 is 0 Å². The van der Waals surface area contributed by atoms with Crippen LogP contribution in [0.25, 0.3) is 17.3 Å². The number of carbonyl (C=O) groups excluding carboxylic acids is 1. The first-order valence-corrected chi connectivity index (χ1v) is 8.63. The molecule has 1 amide bonds. The normalized spacial score (nSPS) is 17.4. The van der Waals surface area contributed by atoms with Crippen molar-refractivity contribution in [1.82, 2.24) is 9.88 Å². The number of amides is 1. The Labute approximate surface area is 148 Å². The van der Waals surface area contributed by atoms with E-state index in [-0.39, 0.29) is 5.91 Å². The zero-order valence-corrected chi connectivity index (χ0v) is 14.3. The molecule has 3 nitrogen and oxygen atoms in total. The molecule has 1 aromatic carbocycles. The van der Waals surface area contributed by atoms with Gasteiger partial charge in [0.05, 0.1) is 12.2 Å². The third kappa shape index (κ3) is 3.05. The molecule has 0 unspecified atom stereocenters. The van der Waals surface area contributed by atoms with Crippen molar-refractivity contribution in [2.24, 2.45) is 0 Å². The molecular weight excluding hydrogens is 308 g/mol. The molecule has 2 heterocycles. The maximum Gasteiger partial charge on any atom is 0.224 e. The highest BCUT2D eigenvalue weighted by atomic mass is 16.2. The molecule has 0 fully saturated rings. The summed E-state index contributed by atoms with van der Waals surface area (Å²) in [5.74, 6) is 0.0679. The van der Waals surface area contributed by atoms with Gasteiger partial charge < -0.3 is 4.90 Å². The Morgan fingerprint density at radius 2 is 1.88 bits per heavy atom. The largest absolute Gasteiger partial charge is 0.308 e. The molecule has 2 aliphatic rings. The Morgan fingerprint density at radius 3 is 2.68 bits per heavy atom. The number of hydrogen-bond donors (Lipinski definition) is 0. The summed E-state index contributed by atoms with van der Waals surface area (Å²) in [7, 11) is 0. The van der Waals surface area contributed by atoms with E-state index in [4.69, 9.17) is 0 Å². The van der Waals surface area contributed by atoms with Crippen LogP contribution < -0.4 is 0 Å². The Balaban J connectivity index is 1.81. The first kappa shape index (κ1) is 15.6.